The first-order valence-corrected chi connectivity index (χ1v) is 8.91. The van der Waals surface area contributed by atoms with E-state index in [0.717, 1.165) is 12.8 Å². The molecule has 1 aliphatic rings. The molecule has 0 aliphatic heterocycles. The standard InChI is InChI=1S/C15H21F2NO2S/c16-15(17)21(19,20)14-10-6-5-9-13(14)18-11-12-7-3-1-2-4-8-12/h5-6,9-10,12,15,18H,1-4,7-8,11H2. The zero-order valence-electron chi connectivity index (χ0n) is 11.9. The van der Waals surface area contributed by atoms with Gasteiger partial charge in [-0.2, -0.15) is 8.78 Å². The van der Waals surface area contributed by atoms with Crippen LogP contribution in [0.25, 0.3) is 0 Å². The molecule has 0 atom stereocenters. The van der Waals surface area contributed by atoms with Crippen LogP contribution in [-0.4, -0.2) is 20.7 Å². The first-order valence-electron chi connectivity index (χ1n) is 7.37. The molecule has 118 valence electrons. The third-order valence-electron chi connectivity index (χ3n) is 3.98. The predicted molar refractivity (Wildman–Crippen MR) is 79.3 cm³/mol. The van der Waals surface area contributed by atoms with E-state index in [9.17, 15) is 17.2 Å². The second-order valence-electron chi connectivity index (χ2n) is 5.54. The molecule has 0 spiro atoms. The average molecular weight is 317 g/mol. The second kappa shape index (κ2) is 7.20. The second-order valence-corrected chi connectivity index (χ2v) is 7.43. The SMILES string of the molecule is O=S(=O)(c1ccccc1NCC1CCCCCC1)C(F)F. The van der Waals surface area contributed by atoms with Crippen molar-refractivity contribution in [2.24, 2.45) is 5.92 Å². The third kappa shape index (κ3) is 4.15. The molecule has 0 bridgehead atoms. The Balaban J connectivity index is 2.10. The van der Waals surface area contributed by atoms with E-state index in [1.165, 1.54) is 37.8 Å². The summed E-state index contributed by atoms with van der Waals surface area (Å²) < 4.78 is 48.8. The van der Waals surface area contributed by atoms with Gasteiger partial charge in [0.05, 0.1) is 10.6 Å². The van der Waals surface area contributed by atoms with E-state index < -0.39 is 15.6 Å². The number of hydrogen-bond donors (Lipinski definition) is 1. The zero-order valence-corrected chi connectivity index (χ0v) is 12.7. The van der Waals surface area contributed by atoms with Crippen LogP contribution in [0.4, 0.5) is 14.5 Å². The van der Waals surface area contributed by atoms with Crippen LogP contribution in [0.15, 0.2) is 29.2 Å². The lowest BCUT2D eigenvalue weighted by Crippen LogP contribution is -2.18. The number of halogens is 2. The topological polar surface area (TPSA) is 46.2 Å². The van der Waals surface area contributed by atoms with Crippen molar-refractivity contribution in [1.29, 1.82) is 0 Å². The first-order chi connectivity index (χ1) is 10.0. The molecular formula is C15H21F2NO2S. The van der Waals surface area contributed by atoms with E-state index in [2.05, 4.69) is 5.32 Å². The quantitative estimate of drug-likeness (QED) is 0.833. The highest BCUT2D eigenvalue weighted by Gasteiger charge is 2.29. The van der Waals surface area contributed by atoms with Crippen LogP contribution in [0.5, 0.6) is 0 Å². The lowest BCUT2D eigenvalue weighted by Gasteiger charge is -2.17. The number of para-hydroxylation sites is 1. The van der Waals surface area contributed by atoms with Gasteiger partial charge in [0.15, 0.2) is 0 Å². The van der Waals surface area contributed by atoms with Crippen LogP contribution in [0.1, 0.15) is 38.5 Å². The smallest absolute Gasteiger partial charge is 0.341 e. The van der Waals surface area contributed by atoms with Crippen molar-refractivity contribution in [2.75, 3.05) is 11.9 Å². The Labute approximate surface area is 124 Å². The Kier molecular flexibility index (Phi) is 5.56. The highest BCUT2D eigenvalue weighted by Crippen LogP contribution is 2.28. The van der Waals surface area contributed by atoms with Crippen molar-refractivity contribution in [1.82, 2.24) is 0 Å². The lowest BCUT2D eigenvalue weighted by atomic mass is 10.0. The highest BCUT2D eigenvalue weighted by atomic mass is 32.2. The molecule has 0 heterocycles. The molecule has 1 N–H and O–H groups in total. The van der Waals surface area contributed by atoms with E-state index >= 15 is 0 Å². The Hall–Kier alpha value is -1.17. The van der Waals surface area contributed by atoms with Gasteiger partial charge in [-0.15, -0.1) is 0 Å². The number of nitrogens with one attached hydrogen (secondary N) is 1. The number of rotatable bonds is 5. The van der Waals surface area contributed by atoms with E-state index in [1.54, 1.807) is 12.1 Å². The number of alkyl halides is 2. The normalized spacial score (nSPS) is 17.7. The van der Waals surface area contributed by atoms with E-state index in [0.29, 0.717) is 12.5 Å². The number of anilines is 1. The van der Waals surface area contributed by atoms with Gasteiger partial charge in [-0.3, -0.25) is 0 Å². The molecule has 0 aromatic heterocycles. The molecule has 21 heavy (non-hydrogen) atoms. The fourth-order valence-electron chi connectivity index (χ4n) is 2.78. The Morgan fingerprint density at radius 2 is 1.71 bits per heavy atom. The van der Waals surface area contributed by atoms with Crippen LogP contribution in [-0.2, 0) is 9.84 Å². The van der Waals surface area contributed by atoms with Crippen LogP contribution in [0.3, 0.4) is 0 Å². The van der Waals surface area contributed by atoms with Crippen molar-refractivity contribution in [2.45, 2.75) is 49.2 Å². The van der Waals surface area contributed by atoms with Gasteiger partial charge in [0.2, 0.25) is 9.84 Å². The molecular weight excluding hydrogens is 296 g/mol. The van der Waals surface area contributed by atoms with Gasteiger partial charge < -0.3 is 5.32 Å². The number of hydrogen-bond acceptors (Lipinski definition) is 3. The van der Waals surface area contributed by atoms with E-state index in [-0.39, 0.29) is 10.6 Å². The maximum absolute atomic E-state index is 12.7. The number of sulfone groups is 1. The average Bonchev–Trinajstić information content (AvgIpc) is 2.74. The van der Waals surface area contributed by atoms with Gasteiger partial charge in [0.1, 0.15) is 0 Å². The molecule has 0 saturated heterocycles. The van der Waals surface area contributed by atoms with Gasteiger partial charge in [-0.1, -0.05) is 37.8 Å². The summed E-state index contributed by atoms with van der Waals surface area (Å²) in [5, 5.41) is 3.06. The van der Waals surface area contributed by atoms with E-state index in [4.69, 9.17) is 0 Å². The summed E-state index contributed by atoms with van der Waals surface area (Å²) in [4.78, 5) is -0.311. The van der Waals surface area contributed by atoms with Gasteiger partial charge in [-0.05, 0) is 30.9 Å². The summed E-state index contributed by atoms with van der Waals surface area (Å²) in [6.45, 7) is 0.635. The maximum Gasteiger partial charge on any atom is 0.341 e. The summed E-state index contributed by atoms with van der Waals surface area (Å²) in [7, 11) is -4.56. The van der Waals surface area contributed by atoms with Crippen molar-refractivity contribution < 1.29 is 17.2 Å². The molecule has 1 fully saturated rings. The molecule has 1 aromatic carbocycles. The zero-order chi connectivity index (χ0) is 15.3. The highest BCUT2D eigenvalue weighted by molar-refractivity contribution is 7.91. The predicted octanol–water partition coefficient (Wildman–Crippen LogP) is 4.07. The fourth-order valence-corrected chi connectivity index (χ4v) is 3.69. The van der Waals surface area contributed by atoms with Crippen LogP contribution in [0.2, 0.25) is 0 Å². The lowest BCUT2D eigenvalue weighted by molar-refractivity contribution is 0.235. The molecule has 1 saturated carbocycles. The first kappa shape index (κ1) is 16.2. The van der Waals surface area contributed by atoms with Gasteiger partial charge >= 0.3 is 5.76 Å². The van der Waals surface area contributed by atoms with E-state index in [1.807, 2.05) is 0 Å². The monoisotopic (exact) mass is 317 g/mol. The molecule has 2 rings (SSSR count). The Bertz CT molecular complexity index is 553. The fraction of sp³-hybridized carbons (Fsp3) is 0.600. The molecule has 0 unspecified atom stereocenters. The minimum absolute atomic E-state index is 0.280. The minimum atomic E-state index is -4.56. The summed E-state index contributed by atoms with van der Waals surface area (Å²) in [5.74, 6) is -2.91. The molecule has 6 heteroatoms. The van der Waals surface area contributed by atoms with Crippen molar-refractivity contribution in [3.63, 3.8) is 0 Å². The minimum Gasteiger partial charge on any atom is -0.384 e. The summed E-state index contributed by atoms with van der Waals surface area (Å²) in [6.07, 6.45) is 7.07. The molecule has 0 amide bonds. The summed E-state index contributed by atoms with van der Waals surface area (Å²) in [5.41, 5.74) is 0.280. The van der Waals surface area contributed by atoms with Crippen LogP contribution >= 0.6 is 0 Å². The van der Waals surface area contributed by atoms with Gasteiger partial charge in [-0.25, -0.2) is 8.42 Å². The van der Waals surface area contributed by atoms with Crippen LogP contribution in [0, 0.1) is 5.92 Å². The molecule has 1 aromatic rings. The molecule has 1 aliphatic carbocycles. The summed E-state index contributed by atoms with van der Waals surface area (Å²) >= 11 is 0. The number of benzene rings is 1. The molecule has 3 nitrogen and oxygen atoms in total. The third-order valence-corrected chi connectivity index (χ3v) is 5.42. The Morgan fingerprint density at radius 3 is 2.33 bits per heavy atom. The van der Waals surface area contributed by atoms with Gasteiger partial charge in [0.25, 0.3) is 0 Å². The van der Waals surface area contributed by atoms with Crippen molar-refractivity contribution in [3.8, 4) is 0 Å². The largest absolute Gasteiger partial charge is 0.384 e. The molecule has 0 radical (unpaired) electrons. The maximum atomic E-state index is 12.7. The summed E-state index contributed by atoms with van der Waals surface area (Å²) in [6, 6.07) is 5.90. The van der Waals surface area contributed by atoms with Gasteiger partial charge in [0, 0.05) is 6.54 Å². The van der Waals surface area contributed by atoms with Crippen LogP contribution < -0.4 is 5.32 Å². The Morgan fingerprint density at radius 1 is 1.10 bits per heavy atom. The van der Waals surface area contributed by atoms with Crippen molar-refractivity contribution in [3.05, 3.63) is 24.3 Å². The van der Waals surface area contributed by atoms with Crippen molar-refractivity contribution >= 4 is 15.5 Å².